The topological polar surface area (TPSA) is 80.5 Å². The largest absolute Gasteiger partial charge is 0.369 e. The Hall–Kier alpha value is -2.17. The van der Waals surface area contributed by atoms with Gasteiger partial charge >= 0.3 is 0 Å². The average molecular weight is 304 g/mol. The first kappa shape index (κ1) is 17.9. The molecule has 0 heterocycles. The fourth-order valence-corrected chi connectivity index (χ4v) is 2.54. The maximum atomic E-state index is 12.6. The van der Waals surface area contributed by atoms with Crippen LogP contribution in [0.25, 0.3) is 0 Å². The van der Waals surface area contributed by atoms with E-state index in [1.807, 2.05) is 27.7 Å². The van der Waals surface area contributed by atoms with Crippen LogP contribution in [0.3, 0.4) is 0 Å². The van der Waals surface area contributed by atoms with Gasteiger partial charge in [-0.3, -0.25) is 19.3 Å². The fourth-order valence-electron chi connectivity index (χ4n) is 2.54. The van der Waals surface area contributed by atoms with Crippen molar-refractivity contribution in [2.24, 2.45) is 17.1 Å². The summed E-state index contributed by atoms with van der Waals surface area (Å²) in [6, 6.07) is 6.70. The van der Waals surface area contributed by atoms with Gasteiger partial charge in [0, 0.05) is 5.92 Å². The third-order valence-corrected chi connectivity index (χ3v) is 3.69. The number of primary amides is 1. The van der Waals surface area contributed by atoms with Gasteiger partial charge in [0.2, 0.25) is 18.2 Å². The summed E-state index contributed by atoms with van der Waals surface area (Å²) in [6.45, 7) is 7.89. The fraction of sp³-hybridized carbons (Fsp3) is 0.471. The van der Waals surface area contributed by atoms with Crippen molar-refractivity contribution in [3.63, 3.8) is 0 Å². The second-order valence-electron chi connectivity index (χ2n) is 6.45. The van der Waals surface area contributed by atoms with Crippen LogP contribution in [0, 0.1) is 11.3 Å². The zero-order valence-electron chi connectivity index (χ0n) is 13.6. The number of imide groups is 1. The van der Waals surface area contributed by atoms with Crippen LogP contribution in [0.4, 0.5) is 5.69 Å². The van der Waals surface area contributed by atoms with Crippen LogP contribution >= 0.6 is 0 Å². The van der Waals surface area contributed by atoms with E-state index in [2.05, 4.69) is 0 Å². The highest BCUT2D eigenvalue weighted by molar-refractivity contribution is 6.08. The Morgan fingerprint density at radius 3 is 2.14 bits per heavy atom. The third-order valence-electron chi connectivity index (χ3n) is 3.69. The van der Waals surface area contributed by atoms with Crippen molar-refractivity contribution in [1.82, 2.24) is 0 Å². The van der Waals surface area contributed by atoms with Crippen LogP contribution in [0.1, 0.15) is 39.7 Å². The first-order valence-electron chi connectivity index (χ1n) is 7.36. The lowest BCUT2D eigenvalue weighted by Gasteiger charge is -2.31. The molecule has 0 aliphatic heterocycles. The molecule has 2 N–H and O–H groups in total. The van der Waals surface area contributed by atoms with Gasteiger partial charge in [0.15, 0.2) is 0 Å². The summed E-state index contributed by atoms with van der Waals surface area (Å²) in [4.78, 5) is 36.0. The molecule has 1 atom stereocenters. The van der Waals surface area contributed by atoms with Gasteiger partial charge in [-0.1, -0.05) is 39.8 Å². The van der Waals surface area contributed by atoms with Gasteiger partial charge < -0.3 is 5.73 Å². The van der Waals surface area contributed by atoms with Gasteiger partial charge in [0.1, 0.15) is 0 Å². The molecule has 1 aromatic rings. The molecule has 0 saturated carbocycles. The molecule has 22 heavy (non-hydrogen) atoms. The number of hydrogen-bond acceptors (Lipinski definition) is 3. The van der Waals surface area contributed by atoms with Gasteiger partial charge in [-0.25, -0.2) is 0 Å². The highest BCUT2D eigenvalue weighted by Gasteiger charge is 2.33. The maximum absolute atomic E-state index is 12.6. The normalized spacial score (nSPS) is 12.5. The molecule has 0 aliphatic rings. The smallest absolute Gasteiger partial charge is 0.237 e. The Morgan fingerprint density at radius 2 is 1.77 bits per heavy atom. The van der Waals surface area contributed by atoms with Crippen molar-refractivity contribution in [2.45, 2.75) is 40.5 Å². The molecule has 0 aliphatic carbocycles. The van der Waals surface area contributed by atoms with Gasteiger partial charge in [-0.2, -0.15) is 0 Å². The molecule has 0 radical (unpaired) electrons. The lowest BCUT2D eigenvalue weighted by atomic mass is 9.78. The van der Waals surface area contributed by atoms with E-state index in [1.165, 1.54) is 0 Å². The number of rotatable bonds is 6. The summed E-state index contributed by atoms with van der Waals surface area (Å²) in [5.41, 5.74) is 6.16. The van der Waals surface area contributed by atoms with E-state index in [0.717, 1.165) is 10.5 Å². The van der Waals surface area contributed by atoms with E-state index in [4.69, 9.17) is 5.73 Å². The number of nitrogens with zero attached hydrogens (tertiary/aromatic N) is 1. The summed E-state index contributed by atoms with van der Waals surface area (Å²) in [6.07, 6.45) is 1.33. The van der Waals surface area contributed by atoms with Crippen molar-refractivity contribution in [1.29, 1.82) is 0 Å². The number of nitrogens with two attached hydrogens (primary N) is 1. The molecule has 5 heteroatoms. The molecule has 3 amide bonds. The predicted molar refractivity (Wildman–Crippen MR) is 86.1 cm³/mol. The molecule has 0 saturated heterocycles. The van der Waals surface area contributed by atoms with E-state index >= 15 is 0 Å². The summed E-state index contributed by atoms with van der Waals surface area (Å²) < 4.78 is 0. The molecule has 120 valence electrons. The standard InChI is InChI=1S/C17H24N2O3/c1-5-14(17(2,3)4)16(22)19(11-20)13-8-6-12(7-9-13)10-15(18)21/h6-9,11,14H,5,10H2,1-4H3,(H2,18,21). The van der Waals surface area contributed by atoms with Gasteiger partial charge in [0.05, 0.1) is 12.1 Å². The molecule has 0 spiro atoms. The molecule has 0 bridgehead atoms. The second-order valence-corrected chi connectivity index (χ2v) is 6.45. The molecular weight excluding hydrogens is 280 g/mol. The van der Waals surface area contributed by atoms with Gasteiger partial charge in [0.25, 0.3) is 0 Å². The average Bonchev–Trinajstić information content (AvgIpc) is 2.40. The Morgan fingerprint density at radius 1 is 1.23 bits per heavy atom. The summed E-state index contributed by atoms with van der Waals surface area (Å²) >= 11 is 0. The number of anilines is 1. The van der Waals surface area contributed by atoms with Crippen molar-refractivity contribution in [3.05, 3.63) is 29.8 Å². The zero-order valence-corrected chi connectivity index (χ0v) is 13.6. The molecule has 0 aromatic heterocycles. The van der Waals surface area contributed by atoms with Crippen LogP contribution in [-0.2, 0) is 20.8 Å². The molecule has 5 nitrogen and oxygen atoms in total. The Bertz CT molecular complexity index is 544. The first-order valence-corrected chi connectivity index (χ1v) is 7.36. The Labute approximate surface area is 131 Å². The minimum atomic E-state index is -0.421. The number of benzene rings is 1. The highest BCUT2D eigenvalue weighted by atomic mass is 16.2. The van der Waals surface area contributed by atoms with E-state index in [-0.39, 0.29) is 23.7 Å². The highest BCUT2D eigenvalue weighted by Crippen LogP contribution is 2.31. The first-order chi connectivity index (χ1) is 10.2. The summed E-state index contributed by atoms with van der Waals surface area (Å²) in [5.74, 6) is -0.884. The quantitative estimate of drug-likeness (QED) is 0.819. The molecular formula is C17H24N2O3. The van der Waals surface area contributed by atoms with Crippen LogP contribution < -0.4 is 10.6 Å². The zero-order chi connectivity index (χ0) is 16.9. The van der Waals surface area contributed by atoms with Crippen LogP contribution in [0.15, 0.2) is 24.3 Å². The molecule has 1 unspecified atom stereocenters. The van der Waals surface area contributed by atoms with Crippen molar-refractivity contribution >= 4 is 23.9 Å². The minimum Gasteiger partial charge on any atom is -0.369 e. The minimum absolute atomic E-state index is 0.134. The summed E-state index contributed by atoms with van der Waals surface area (Å²) in [7, 11) is 0. The Balaban J connectivity index is 3.02. The van der Waals surface area contributed by atoms with E-state index < -0.39 is 5.91 Å². The number of hydrogen-bond donors (Lipinski definition) is 1. The maximum Gasteiger partial charge on any atom is 0.237 e. The summed E-state index contributed by atoms with van der Waals surface area (Å²) in [5, 5.41) is 0. The number of carbonyl (C=O) groups is 3. The van der Waals surface area contributed by atoms with Crippen molar-refractivity contribution in [2.75, 3.05) is 4.90 Å². The predicted octanol–water partition coefficient (Wildman–Crippen LogP) is 2.28. The van der Waals surface area contributed by atoms with E-state index in [9.17, 15) is 14.4 Å². The van der Waals surface area contributed by atoms with E-state index in [0.29, 0.717) is 18.5 Å². The second kappa shape index (κ2) is 7.20. The van der Waals surface area contributed by atoms with E-state index in [1.54, 1.807) is 24.3 Å². The van der Waals surface area contributed by atoms with Crippen LogP contribution in [-0.4, -0.2) is 18.2 Å². The van der Waals surface area contributed by atoms with Crippen molar-refractivity contribution < 1.29 is 14.4 Å². The molecule has 1 rings (SSSR count). The third kappa shape index (κ3) is 4.41. The molecule has 0 fully saturated rings. The Kier molecular flexibility index (Phi) is 5.85. The van der Waals surface area contributed by atoms with Crippen molar-refractivity contribution in [3.8, 4) is 0 Å². The monoisotopic (exact) mass is 304 g/mol. The van der Waals surface area contributed by atoms with Crippen LogP contribution in [0.5, 0.6) is 0 Å². The van der Waals surface area contributed by atoms with Crippen LogP contribution in [0.2, 0.25) is 0 Å². The molecule has 1 aromatic carbocycles. The van der Waals surface area contributed by atoms with Gasteiger partial charge in [-0.15, -0.1) is 0 Å². The number of amides is 3. The lowest BCUT2D eigenvalue weighted by Crippen LogP contribution is -2.40. The SMILES string of the molecule is CCC(C(=O)N(C=O)c1ccc(CC(N)=O)cc1)C(C)(C)C. The number of carbonyl (C=O) groups excluding carboxylic acids is 3. The van der Waals surface area contributed by atoms with Gasteiger partial charge in [-0.05, 0) is 29.5 Å². The lowest BCUT2D eigenvalue weighted by molar-refractivity contribution is -0.128.